The number of nitrogens with two attached hydrogens (primary N) is 2. The molecule has 9 N–H and O–H groups in total. The summed E-state index contributed by atoms with van der Waals surface area (Å²) in [6.45, 7) is -1.33. The fraction of sp³-hybridized carbons (Fsp3) is 0.467. The smallest absolute Gasteiger partial charge is 0.486 e. The summed E-state index contributed by atoms with van der Waals surface area (Å²) in [4.78, 5) is 66.4. The predicted octanol–water partition coefficient (Wildman–Crippen LogP) is 1.61. The molecule has 1 aromatic carbocycles. The summed E-state index contributed by atoms with van der Waals surface area (Å²) in [6, 6.07) is 6.35. The SMILES string of the molecule is [N-]=[N+]=NCOC1CC(n2cc(C#CCNC(=O)COCCOC(COc3cccc(C(=O)NCCN)c3)N=[N+]=[N-])c3c(N)ncnc32)OC1COP(=O)(O)OP(=O)(O)OPO. The number of fused-ring (bicyclic) bond motifs is 1. The van der Waals surface area contributed by atoms with Gasteiger partial charge in [0, 0.05) is 41.1 Å². The van der Waals surface area contributed by atoms with Gasteiger partial charge in [-0.3, -0.25) is 14.1 Å². The summed E-state index contributed by atoms with van der Waals surface area (Å²) < 4.78 is 66.6. The van der Waals surface area contributed by atoms with E-state index in [0.717, 1.165) is 0 Å². The first kappa shape index (κ1) is 48.7. The number of phosphoric acid groups is 2. The molecular formula is C30H40N13O15P3. The lowest BCUT2D eigenvalue weighted by molar-refractivity contribution is -0.126. The molecule has 28 nitrogen and oxygen atoms in total. The van der Waals surface area contributed by atoms with Gasteiger partial charge < -0.3 is 65.0 Å². The molecule has 0 bridgehead atoms. The van der Waals surface area contributed by atoms with Gasteiger partial charge >= 0.3 is 15.6 Å². The second kappa shape index (κ2) is 24.5. The molecule has 0 saturated carbocycles. The minimum Gasteiger partial charge on any atom is -0.491 e. The molecule has 61 heavy (non-hydrogen) atoms. The van der Waals surface area contributed by atoms with Crippen molar-refractivity contribution in [3.63, 3.8) is 0 Å². The van der Waals surface area contributed by atoms with E-state index in [1.807, 2.05) is 0 Å². The third-order valence-electron chi connectivity index (χ3n) is 7.77. The molecule has 0 spiro atoms. The van der Waals surface area contributed by atoms with Crippen LogP contribution in [-0.2, 0) is 46.0 Å². The van der Waals surface area contributed by atoms with Crippen molar-refractivity contribution >= 4 is 53.3 Å². The fourth-order valence-electron chi connectivity index (χ4n) is 5.26. The zero-order valence-corrected chi connectivity index (χ0v) is 34.4. The number of ether oxygens (including phenoxy) is 5. The van der Waals surface area contributed by atoms with Crippen molar-refractivity contribution in [3.05, 3.63) is 68.8 Å². The molecule has 7 unspecified atom stereocenters. The van der Waals surface area contributed by atoms with Crippen LogP contribution in [0.3, 0.4) is 0 Å². The number of nitrogens with one attached hydrogen (secondary N) is 2. The molecule has 1 aliphatic rings. The topological polar surface area (TPSA) is 407 Å². The number of carbonyl (C=O) groups is 2. The minimum atomic E-state index is -5.24. The Hall–Kier alpha value is -4.99. The molecule has 1 aliphatic heterocycles. The van der Waals surface area contributed by atoms with Crippen LogP contribution in [0.1, 0.15) is 28.6 Å². The zero-order valence-electron chi connectivity index (χ0n) is 31.7. The average Bonchev–Trinajstić information content (AvgIpc) is 3.81. The Morgan fingerprint density at radius 1 is 1.18 bits per heavy atom. The van der Waals surface area contributed by atoms with E-state index in [-0.39, 0.29) is 63.3 Å². The van der Waals surface area contributed by atoms with Crippen molar-refractivity contribution in [2.75, 3.05) is 65.1 Å². The number of benzene rings is 1. The normalized spacial score (nSPS) is 18.5. The number of aromatic nitrogens is 3. The molecule has 1 fully saturated rings. The van der Waals surface area contributed by atoms with Crippen LogP contribution in [0.4, 0.5) is 5.82 Å². The second-order valence-electron chi connectivity index (χ2n) is 11.9. The molecule has 2 amide bonds. The predicted molar refractivity (Wildman–Crippen MR) is 211 cm³/mol. The number of amides is 2. The van der Waals surface area contributed by atoms with Crippen LogP contribution in [0.25, 0.3) is 31.9 Å². The van der Waals surface area contributed by atoms with Crippen molar-refractivity contribution in [3.8, 4) is 17.6 Å². The van der Waals surface area contributed by atoms with Gasteiger partial charge in [-0.05, 0) is 29.3 Å². The first-order chi connectivity index (χ1) is 29.3. The summed E-state index contributed by atoms with van der Waals surface area (Å²) in [7, 11) is -11.9. The van der Waals surface area contributed by atoms with Crippen molar-refractivity contribution in [1.82, 2.24) is 25.2 Å². The van der Waals surface area contributed by atoms with E-state index in [0.29, 0.717) is 28.8 Å². The van der Waals surface area contributed by atoms with Gasteiger partial charge in [-0.2, -0.15) is 4.31 Å². The van der Waals surface area contributed by atoms with Gasteiger partial charge in [0.2, 0.25) is 5.91 Å². The first-order valence-corrected chi connectivity index (χ1v) is 21.3. The zero-order chi connectivity index (χ0) is 44.3. The number of nitrogens with zero attached hydrogens (tertiary/aromatic N) is 9. The highest BCUT2D eigenvalue weighted by Gasteiger charge is 2.42. The number of nitrogen functional groups attached to an aromatic ring is 1. The van der Waals surface area contributed by atoms with Gasteiger partial charge in [0.15, 0.2) is 15.3 Å². The Balaban J connectivity index is 1.29. The highest BCUT2D eigenvalue weighted by molar-refractivity contribution is 7.63. The summed E-state index contributed by atoms with van der Waals surface area (Å²) in [5.41, 5.74) is 30.1. The Labute approximate surface area is 346 Å². The Bertz CT molecular complexity index is 2230. The van der Waals surface area contributed by atoms with Gasteiger partial charge in [-0.25, -0.2) is 23.4 Å². The number of carbonyl (C=O) groups excluding carboxylic acids is 2. The van der Waals surface area contributed by atoms with E-state index in [1.165, 1.54) is 23.2 Å². The van der Waals surface area contributed by atoms with E-state index in [1.54, 1.807) is 18.2 Å². The van der Waals surface area contributed by atoms with Crippen molar-refractivity contribution < 1.29 is 70.2 Å². The summed E-state index contributed by atoms with van der Waals surface area (Å²) in [5.74, 6) is 5.26. The Morgan fingerprint density at radius 3 is 2.75 bits per heavy atom. The molecular weight excluding hydrogens is 875 g/mol. The molecule has 3 heterocycles. The standard InChI is InChI=1S/C30H40N13O15P3/c31-6-8-36-30(45)19-3-1-5-21(11-19)53-16-25(40-42-34)52-10-9-51-15-24(44)35-7-2-4-20-13-43(29-27(20)28(32)37-17-38-29)26-12-22(54-18-39-41-33)23(56-26)14-55-60(47,48)58-61(49,50)57-59-46/h1,3,5,11,13,17,22-23,25-26,46,59H,6-10,12,14-16,18,31H2,(H,35,44)(H,36,45)(H,47,48)(H,49,50)(H2,32,37,38). The summed E-state index contributed by atoms with van der Waals surface area (Å²) in [5, 5.41) is 12.4. The van der Waals surface area contributed by atoms with Crippen LogP contribution in [0.2, 0.25) is 0 Å². The molecule has 0 radical (unpaired) electrons. The van der Waals surface area contributed by atoms with E-state index in [4.69, 9.17) is 55.6 Å². The lowest BCUT2D eigenvalue weighted by atomic mass is 10.2. The van der Waals surface area contributed by atoms with Crippen LogP contribution in [-0.4, -0.2) is 119 Å². The van der Waals surface area contributed by atoms with Crippen LogP contribution in [0.5, 0.6) is 5.75 Å². The molecule has 7 atom stereocenters. The number of rotatable bonds is 25. The lowest BCUT2D eigenvalue weighted by Crippen LogP contribution is -2.29. The maximum Gasteiger partial charge on any atom is 0.486 e. The summed E-state index contributed by atoms with van der Waals surface area (Å²) >= 11 is 0. The van der Waals surface area contributed by atoms with E-state index >= 15 is 0 Å². The number of azide groups is 2. The third-order valence-corrected chi connectivity index (χ3v) is 11.1. The lowest BCUT2D eigenvalue weighted by Gasteiger charge is -2.20. The van der Waals surface area contributed by atoms with Crippen LogP contribution in [0.15, 0.2) is 47.0 Å². The first-order valence-electron chi connectivity index (χ1n) is 17.5. The fourth-order valence-corrected chi connectivity index (χ4v) is 7.67. The molecule has 3 aromatic rings. The van der Waals surface area contributed by atoms with Crippen LogP contribution >= 0.6 is 24.7 Å². The Morgan fingerprint density at radius 2 is 2.00 bits per heavy atom. The minimum absolute atomic E-state index is 0.0341. The van der Waals surface area contributed by atoms with Crippen LogP contribution in [0, 0.1) is 11.8 Å². The number of hydrogen-bond donors (Lipinski definition) is 7. The third kappa shape index (κ3) is 15.8. The van der Waals surface area contributed by atoms with Crippen molar-refractivity contribution in [1.29, 1.82) is 0 Å². The van der Waals surface area contributed by atoms with Gasteiger partial charge in [0.05, 0.1) is 43.4 Å². The average molecular weight is 916 g/mol. The molecule has 0 aliphatic carbocycles. The largest absolute Gasteiger partial charge is 0.491 e. The van der Waals surface area contributed by atoms with Gasteiger partial charge in [0.1, 0.15) is 55.8 Å². The highest BCUT2D eigenvalue weighted by Crippen LogP contribution is 2.62. The summed E-state index contributed by atoms with van der Waals surface area (Å²) in [6.07, 6.45) is -1.25. The van der Waals surface area contributed by atoms with Gasteiger partial charge in [-0.1, -0.05) is 28.1 Å². The van der Waals surface area contributed by atoms with Crippen LogP contribution < -0.4 is 26.8 Å². The second-order valence-corrected chi connectivity index (χ2v) is 15.6. The molecule has 330 valence electrons. The maximum absolute atomic E-state index is 12.4. The molecule has 2 aromatic heterocycles. The quantitative estimate of drug-likeness (QED) is 0.0158. The van der Waals surface area contributed by atoms with E-state index in [9.17, 15) is 28.5 Å². The monoisotopic (exact) mass is 915 g/mol. The molecule has 4 rings (SSSR count). The van der Waals surface area contributed by atoms with Crippen molar-refractivity contribution in [2.45, 2.75) is 31.1 Å². The molecule has 1 saturated heterocycles. The maximum atomic E-state index is 12.4. The molecule has 31 heteroatoms. The highest BCUT2D eigenvalue weighted by atomic mass is 31.3. The Kier molecular flexibility index (Phi) is 19.5. The number of anilines is 1. The van der Waals surface area contributed by atoms with E-state index in [2.05, 4.69) is 61.1 Å². The van der Waals surface area contributed by atoms with Crippen molar-refractivity contribution in [2.24, 2.45) is 16.0 Å². The number of hydrogen-bond acceptors (Lipinski definition) is 19. The van der Waals surface area contributed by atoms with Gasteiger partial charge in [-0.15, -0.1) is 0 Å². The van der Waals surface area contributed by atoms with E-state index < -0.39 is 68.6 Å². The number of phosphoric ester groups is 1. The van der Waals surface area contributed by atoms with Gasteiger partial charge in [0.25, 0.3) is 5.91 Å².